The van der Waals surface area contributed by atoms with E-state index in [2.05, 4.69) is 25.4 Å². The number of aromatic nitrogens is 7. The van der Waals surface area contributed by atoms with Gasteiger partial charge < -0.3 is 10.4 Å². The third-order valence-corrected chi connectivity index (χ3v) is 7.01. The van der Waals surface area contributed by atoms with Gasteiger partial charge in [-0.15, -0.1) is 0 Å². The van der Waals surface area contributed by atoms with E-state index in [1.165, 1.54) is 10.6 Å². The highest BCUT2D eigenvalue weighted by atomic mass is 35.5. The zero-order chi connectivity index (χ0) is 28.8. The van der Waals surface area contributed by atoms with Crippen LogP contribution in [0.5, 0.6) is 0 Å². The van der Waals surface area contributed by atoms with Gasteiger partial charge in [0.2, 0.25) is 0 Å². The van der Waals surface area contributed by atoms with Crippen molar-refractivity contribution < 1.29 is 9.90 Å². The number of pyridine rings is 2. The first-order valence-corrected chi connectivity index (χ1v) is 13.0. The summed E-state index contributed by atoms with van der Waals surface area (Å²) in [5.41, 5.74) is 4.73. The van der Waals surface area contributed by atoms with Crippen molar-refractivity contribution in [2.45, 2.75) is 19.9 Å². The number of hydrogen-bond donors (Lipinski definition) is 2. The van der Waals surface area contributed by atoms with E-state index in [4.69, 9.17) is 16.6 Å². The lowest BCUT2D eigenvalue weighted by atomic mass is 10.0. The molecule has 0 saturated carbocycles. The molecule has 0 bridgehead atoms. The van der Waals surface area contributed by atoms with Gasteiger partial charge in [0, 0.05) is 36.8 Å². The monoisotopic (exact) mass is 566 g/mol. The summed E-state index contributed by atoms with van der Waals surface area (Å²) in [6.07, 6.45) is 5.11. The van der Waals surface area contributed by atoms with Gasteiger partial charge in [0.1, 0.15) is 16.7 Å². The number of nitrogens with zero attached hydrogens (tertiary/aromatic N) is 7. The van der Waals surface area contributed by atoms with Crippen molar-refractivity contribution in [3.63, 3.8) is 0 Å². The van der Waals surface area contributed by atoms with Crippen molar-refractivity contribution >= 4 is 39.8 Å². The summed E-state index contributed by atoms with van der Waals surface area (Å²) in [5, 5.41) is 17.9. The minimum atomic E-state index is -1.21. The number of carboxylic acids is 1. The first-order valence-electron chi connectivity index (χ1n) is 12.6. The van der Waals surface area contributed by atoms with E-state index >= 15 is 0 Å². The number of anilines is 1. The van der Waals surface area contributed by atoms with Gasteiger partial charge in [0.05, 0.1) is 28.3 Å². The molecular weight excluding hydrogens is 544 g/mol. The molecule has 6 rings (SSSR count). The third-order valence-electron chi connectivity index (χ3n) is 6.80. The number of nitrogens with one attached hydrogen (secondary N) is 1. The molecule has 1 aromatic carbocycles. The van der Waals surface area contributed by atoms with Crippen molar-refractivity contribution in [1.29, 1.82) is 0 Å². The van der Waals surface area contributed by atoms with Crippen molar-refractivity contribution in [3.8, 4) is 22.8 Å². The summed E-state index contributed by atoms with van der Waals surface area (Å²) in [6.45, 7) is 3.76. The lowest BCUT2D eigenvalue weighted by Gasteiger charge is -2.20. The van der Waals surface area contributed by atoms with E-state index in [0.717, 1.165) is 16.8 Å². The SMILES string of the molecule is Cc1cc([C@@H](C)Nc2ccc(Cl)nc2C(=O)O)c2nc(-c3ccc(-c4ccc5nccn5n4)nc3)n(C)c(=O)c2c1. The Hall–Kier alpha value is -5.16. The molecule has 5 heterocycles. The van der Waals surface area contributed by atoms with Gasteiger partial charge in [-0.05, 0) is 61.9 Å². The Morgan fingerprint density at radius 2 is 1.85 bits per heavy atom. The average molecular weight is 567 g/mol. The molecule has 41 heavy (non-hydrogen) atoms. The molecule has 0 radical (unpaired) electrons. The van der Waals surface area contributed by atoms with E-state index in [1.807, 2.05) is 44.2 Å². The number of benzene rings is 1. The second-order valence-corrected chi connectivity index (χ2v) is 10.0. The number of aryl methyl sites for hydroxylation is 1. The van der Waals surface area contributed by atoms with Crippen LogP contribution in [0, 0.1) is 6.92 Å². The highest BCUT2D eigenvalue weighted by Crippen LogP contribution is 2.29. The topological polar surface area (TPSA) is 140 Å². The number of hydrogen-bond acceptors (Lipinski definition) is 8. The number of carboxylic acid groups (broad SMARTS) is 1. The Kier molecular flexibility index (Phi) is 6.43. The Balaban J connectivity index is 1.42. The molecule has 12 heteroatoms. The van der Waals surface area contributed by atoms with Gasteiger partial charge >= 0.3 is 5.97 Å². The van der Waals surface area contributed by atoms with E-state index in [9.17, 15) is 14.7 Å². The summed E-state index contributed by atoms with van der Waals surface area (Å²) in [5.74, 6) is -0.766. The third kappa shape index (κ3) is 4.76. The van der Waals surface area contributed by atoms with Gasteiger partial charge in [-0.2, -0.15) is 5.10 Å². The molecule has 0 fully saturated rings. The zero-order valence-corrected chi connectivity index (χ0v) is 23.0. The minimum Gasteiger partial charge on any atom is -0.476 e. The predicted molar refractivity (Wildman–Crippen MR) is 155 cm³/mol. The molecule has 2 N–H and O–H groups in total. The lowest BCUT2D eigenvalue weighted by Crippen LogP contribution is -2.22. The second-order valence-electron chi connectivity index (χ2n) is 9.63. The van der Waals surface area contributed by atoms with Crippen LogP contribution < -0.4 is 10.9 Å². The number of fused-ring (bicyclic) bond motifs is 2. The highest BCUT2D eigenvalue weighted by molar-refractivity contribution is 6.29. The number of carbonyl (C=O) groups is 1. The zero-order valence-electron chi connectivity index (χ0n) is 22.2. The van der Waals surface area contributed by atoms with Crippen molar-refractivity contribution in [2.75, 3.05) is 5.32 Å². The van der Waals surface area contributed by atoms with Crippen molar-refractivity contribution in [2.24, 2.45) is 7.05 Å². The van der Waals surface area contributed by atoms with Crippen LogP contribution in [0.1, 0.15) is 34.6 Å². The summed E-state index contributed by atoms with van der Waals surface area (Å²) in [7, 11) is 1.68. The summed E-state index contributed by atoms with van der Waals surface area (Å²) in [6, 6.07) is 13.8. The Morgan fingerprint density at radius 3 is 2.61 bits per heavy atom. The molecule has 1 atom stereocenters. The van der Waals surface area contributed by atoms with Crippen LogP contribution in [0.25, 0.3) is 39.3 Å². The van der Waals surface area contributed by atoms with Gasteiger partial charge in [0.25, 0.3) is 5.56 Å². The fraction of sp³-hybridized carbons (Fsp3) is 0.138. The van der Waals surface area contributed by atoms with Crippen molar-refractivity contribution in [3.05, 3.63) is 99.4 Å². The summed E-state index contributed by atoms with van der Waals surface area (Å²) in [4.78, 5) is 43.0. The molecule has 0 spiro atoms. The van der Waals surface area contributed by atoms with Gasteiger partial charge in [0.15, 0.2) is 11.3 Å². The van der Waals surface area contributed by atoms with E-state index in [1.54, 1.807) is 42.3 Å². The molecule has 11 nitrogen and oxygen atoms in total. The van der Waals surface area contributed by atoms with E-state index in [-0.39, 0.29) is 16.4 Å². The molecule has 0 amide bonds. The Bertz CT molecular complexity index is 2040. The molecular formula is C29H23ClN8O3. The van der Waals surface area contributed by atoms with Crippen molar-refractivity contribution in [1.82, 2.24) is 34.1 Å². The van der Waals surface area contributed by atoms with Crippen LogP contribution in [0.3, 0.4) is 0 Å². The number of imidazole rings is 1. The minimum absolute atomic E-state index is 0.0779. The maximum absolute atomic E-state index is 13.5. The average Bonchev–Trinajstić information content (AvgIpc) is 3.44. The fourth-order valence-corrected chi connectivity index (χ4v) is 4.94. The van der Waals surface area contributed by atoms with E-state index in [0.29, 0.717) is 39.4 Å². The maximum atomic E-state index is 13.5. The number of aromatic carboxylic acids is 1. The Labute approximate surface area is 238 Å². The van der Waals surface area contributed by atoms with Crippen LogP contribution in [0.2, 0.25) is 5.15 Å². The van der Waals surface area contributed by atoms with E-state index < -0.39 is 12.0 Å². The predicted octanol–water partition coefficient (Wildman–Crippen LogP) is 4.93. The van der Waals surface area contributed by atoms with Crippen LogP contribution >= 0.6 is 11.6 Å². The summed E-state index contributed by atoms with van der Waals surface area (Å²) < 4.78 is 3.18. The quantitative estimate of drug-likeness (QED) is 0.268. The molecule has 6 aromatic rings. The standard InChI is InChI=1S/C29H23ClN8O3/c1-15-12-18(16(2)33-22-6-8-23(30)34-26(22)29(40)41)25-19(13-15)28(39)37(3)27(35-25)17-4-5-20(32-14-17)21-7-9-24-31-10-11-38(24)36-21/h4-14,16,33H,1-3H3,(H,40,41)/t16-/m1/s1. The fourth-order valence-electron chi connectivity index (χ4n) is 4.80. The van der Waals surface area contributed by atoms with Gasteiger partial charge in [-0.25, -0.2) is 24.3 Å². The normalized spacial score (nSPS) is 12.1. The Morgan fingerprint density at radius 1 is 1.05 bits per heavy atom. The highest BCUT2D eigenvalue weighted by Gasteiger charge is 2.20. The molecule has 0 aliphatic rings. The first kappa shape index (κ1) is 26.1. The van der Waals surface area contributed by atoms with Gasteiger partial charge in [-0.1, -0.05) is 17.7 Å². The largest absolute Gasteiger partial charge is 0.476 e. The number of halogens is 1. The summed E-state index contributed by atoms with van der Waals surface area (Å²) >= 11 is 5.92. The molecule has 5 aromatic heterocycles. The smallest absolute Gasteiger partial charge is 0.356 e. The molecule has 204 valence electrons. The lowest BCUT2D eigenvalue weighted by molar-refractivity contribution is 0.0691. The van der Waals surface area contributed by atoms with Crippen LogP contribution in [0.15, 0.2) is 71.9 Å². The van der Waals surface area contributed by atoms with Crippen LogP contribution in [-0.2, 0) is 7.05 Å². The molecule has 0 saturated heterocycles. The molecule has 0 aliphatic carbocycles. The maximum Gasteiger partial charge on any atom is 0.356 e. The number of rotatable bonds is 6. The first-order chi connectivity index (χ1) is 19.7. The van der Waals surface area contributed by atoms with Crippen LogP contribution in [-0.4, -0.2) is 45.2 Å². The molecule has 0 unspecified atom stereocenters. The second kappa shape index (κ2) is 10.1. The molecule has 0 aliphatic heterocycles. The van der Waals surface area contributed by atoms with Crippen LogP contribution in [0.4, 0.5) is 5.69 Å². The van der Waals surface area contributed by atoms with Gasteiger partial charge in [-0.3, -0.25) is 14.3 Å².